The minimum atomic E-state index is -0.0696. The Kier molecular flexibility index (Phi) is 4.19. The molecular formula is C13H15ClN2OS. The van der Waals surface area contributed by atoms with E-state index in [4.69, 9.17) is 29.6 Å². The molecule has 5 heteroatoms. The van der Waals surface area contributed by atoms with E-state index in [0.717, 1.165) is 24.9 Å². The van der Waals surface area contributed by atoms with Gasteiger partial charge in [0.15, 0.2) is 0 Å². The van der Waals surface area contributed by atoms with Gasteiger partial charge in [0.1, 0.15) is 0 Å². The molecule has 1 fully saturated rings. The topological polar surface area (TPSA) is 46.3 Å². The fraction of sp³-hybridized carbons (Fsp3) is 0.385. The summed E-state index contributed by atoms with van der Waals surface area (Å²) in [5, 5.41) is 0.674. The third-order valence-electron chi connectivity index (χ3n) is 3.17. The molecule has 1 heterocycles. The third kappa shape index (κ3) is 3.00. The van der Waals surface area contributed by atoms with Crippen molar-refractivity contribution in [3.8, 4) is 0 Å². The van der Waals surface area contributed by atoms with Crippen molar-refractivity contribution in [1.82, 2.24) is 4.90 Å². The van der Waals surface area contributed by atoms with Crippen LogP contribution >= 0.6 is 23.8 Å². The number of halogens is 1. The summed E-state index contributed by atoms with van der Waals surface area (Å²) in [6.45, 7) is 0.744. The molecule has 18 heavy (non-hydrogen) atoms. The average Bonchev–Trinajstić information content (AvgIpc) is 2.81. The van der Waals surface area contributed by atoms with Crippen LogP contribution in [0.15, 0.2) is 24.3 Å². The molecule has 1 aliphatic heterocycles. The number of carbonyl (C=O) groups is 1. The third-order valence-corrected chi connectivity index (χ3v) is 3.69. The summed E-state index contributed by atoms with van der Waals surface area (Å²) in [7, 11) is 0. The molecule has 1 unspecified atom stereocenters. The van der Waals surface area contributed by atoms with E-state index in [1.165, 1.54) is 0 Å². The molecule has 96 valence electrons. The highest BCUT2D eigenvalue weighted by molar-refractivity contribution is 7.80. The van der Waals surface area contributed by atoms with Crippen LogP contribution < -0.4 is 5.73 Å². The highest BCUT2D eigenvalue weighted by atomic mass is 35.5. The summed E-state index contributed by atoms with van der Waals surface area (Å²) in [5.41, 5.74) is 6.62. The largest absolute Gasteiger partial charge is 0.392 e. The van der Waals surface area contributed by atoms with Crippen LogP contribution in [0.25, 0.3) is 0 Å². The Balaban J connectivity index is 2.03. The molecule has 1 amide bonds. The summed E-state index contributed by atoms with van der Waals surface area (Å²) in [6, 6.07) is 7.25. The number of nitrogens with zero attached hydrogens (tertiary/aromatic N) is 1. The molecule has 1 aromatic rings. The number of likely N-dealkylation sites (tertiary alicyclic amines) is 1. The summed E-state index contributed by atoms with van der Waals surface area (Å²) in [5.74, 6) is 0.0765. The Morgan fingerprint density at radius 3 is 2.72 bits per heavy atom. The lowest BCUT2D eigenvalue weighted by Gasteiger charge is -2.23. The van der Waals surface area contributed by atoms with Crippen LogP contribution in [-0.2, 0) is 11.2 Å². The van der Waals surface area contributed by atoms with E-state index in [0.29, 0.717) is 16.4 Å². The van der Waals surface area contributed by atoms with E-state index in [1.807, 2.05) is 12.1 Å². The van der Waals surface area contributed by atoms with Gasteiger partial charge < -0.3 is 10.6 Å². The van der Waals surface area contributed by atoms with Crippen LogP contribution in [0.3, 0.4) is 0 Å². The van der Waals surface area contributed by atoms with Crippen LogP contribution in [0.1, 0.15) is 18.4 Å². The van der Waals surface area contributed by atoms with Crippen molar-refractivity contribution in [3.63, 3.8) is 0 Å². The first-order valence-corrected chi connectivity index (χ1v) is 6.70. The molecule has 2 rings (SSSR count). The van der Waals surface area contributed by atoms with Gasteiger partial charge in [-0.05, 0) is 30.5 Å². The van der Waals surface area contributed by atoms with Crippen LogP contribution in [-0.4, -0.2) is 28.4 Å². The van der Waals surface area contributed by atoms with E-state index in [-0.39, 0.29) is 11.9 Å². The van der Waals surface area contributed by atoms with Gasteiger partial charge in [-0.2, -0.15) is 0 Å². The summed E-state index contributed by atoms with van der Waals surface area (Å²) in [6.07, 6.45) is 2.21. The van der Waals surface area contributed by atoms with E-state index < -0.39 is 0 Å². The number of benzene rings is 1. The highest BCUT2D eigenvalue weighted by Gasteiger charge is 2.30. The maximum atomic E-state index is 12.2. The average molecular weight is 283 g/mol. The molecule has 0 radical (unpaired) electrons. The molecule has 2 N–H and O–H groups in total. The van der Waals surface area contributed by atoms with Gasteiger partial charge in [-0.15, -0.1) is 0 Å². The van der Waals surface area contributed by atoms with Crippen molar-refractivity contribution < 1.29 is 4.79 Å². The van der Waals surface area contributed by atoms with Gasteiger partial charge in [-0.1, -0.05) is 36.0 Å². The first-order valence-electron chi connectivity index (χ1n) is 5.91. The SMILES string of the molecule is NC(=S)C1CCCN1C(=O)Cc1ccc(Cl)cc1. The Bertz CT molecular complexity index is 461. The predicted molar refractivity (Wildman–Crippen MR) is 76.7 cm³/mol. The lowest BCUT2D eigenvalue weighted by Crippen LogP contribution is -2.43. The summed E-state index contributed by atoms with van der Waals surface area (Å²) >= 11 is 10.8. The first-order chi connectivity index (χ1) is 8.58. The van der Waals surface area contributed by atoms with E-state index in [9.17, 15) is 4.79 Å². The van der Waals surface area contributed by atoms with Crippen LogP contribution in [0, 0.1) is 0 Å². The number of carbonyl (C=O) groups excluding carboxylic acids is 1. The highest BCUT2D eigenvalue weighted by Crippen LogP contribution is 2.19. The number of hydrogen-bond acceptors (Lipinski definition) is 2. The Labute approximate surface area is 117 Å². The molecule has 0 bridgehead atoms. The lowest BCUT2D eigenvalue weighted by molar-refractivity contribution is -0.130. The monoisotopic (exact) mass is 282 g/mol. The molecule has 1 atom stereocenters. The maximum Gasteiger partial charge on any atom is 0.227 e. The first kappa shape index (κ1) is 13.3. The maximum absolute atomic E-state index is 12.2. The summed E-state index contributed by atoms with van der Waals surface area (Å²) in [4.78, 5) is 14.4. The van der Waals surface area contributed by atoms with Gasteiger partial charge in [0, 0.05) is 11.6 Å². The zero-order chi connectivity index (χ0) is 13.1. The van der Waals surface area contributed by atoms with Crippen molar-refractivity contribution in [3.05, 3.63) is 34.9 Å². The van der Waals surface area contributed by atoms with Crippen molar-refractivity contribution in [2.24, 2.45) is 5.73 Å². The normalized spacial score (nSPS) is 18.9. The minimum absolute atomic E-state index is 0.0696. The van der Waals surface area contributed by atoms with E-state index in [1.54, 1.807) is 17.0 Å². The molecule has 1 saturated heterocycles. The Morgan fingerprint density at radius 1 is 1.44 bits per heavy atom. The predicted octanol–water partition coefficient (Wildman–Crippen LogP) is 2.16. The fourth-order valence-electron chi connectivity index (χ4n) is 2.24. The minimum Gasteiger partial charge on any atom is -0.392 e. The molecule has 0 aromatic heterocycles. The second-order valence-corrected chi connectivity index (χ2v) is 5.36. The van der Waals surface area contributed by atoms with E-state index >= 15 is 0 Å². The number of amides is 1. The van der Waals surface area contributed by atoms with Crippen molar-refractivity contribution >= 4 is 34.7 Å². The van der Waals surface area contributed by atoms with Gasteiger partial charge in [-0.25, -0.2) is 0 Å². The molecule has 0 spiro atoms. The molecular weight excluding hydrogens is 268 g/mol. The number of rotatable bonds is 3. The molecule has 1 aromatic carbocycles. The Morgan fingerprint density at radius 2 is 2.11 bits per heavy atom. The quantitative estimate of drug-likeness (QED) is 0.864. The zero-order valence-corrected chi connectivity index (χ0v) is 11.5. The number of hydrogen-bond donors (Lipinski definition) is 1. The standard InChI is InChI=1S/C13H15ClN2OS/c14-10-5-3-9(4-6-10)8-12(17)16-7-1-2-11(16)13(15)18/h3-6,11H,1-2,7-8H2,(H2,15,18). The fourth-order valence-corrected chi connectivity index (χ4v) is 2.61. The van der Waals surface area contributed by atoms with Crippen molar-refractivity contribution in [2.75, 3.05) is 6.54 Å². The second kappa shape index (κ2) is 5.67. The lowest BCUT2D eigenvalue weighted by atomic mass is 10.1. The summed E-state index contributed by atoms with van der Waals surface area (Å²) < 4.78 is 0. The van der Waals surface area contributed by atoms with Crippen molar-refractivity contribution in [1.29, 1.82) is 0 Å². The number of nitrogens with two attached hydrogens (primary N) is 1. The second-order valence-electron chi connectivity index (χ2n) is 4.45. The van der Waals surface area contributed by atoms with Gasteiger partial charge in [0.25, 0.3) is 0 Å². The van der Waals surface area contributed by atoms with Gasteiger partial charge >= 0.3 is 0 Å². The van der Waals surface area contributed by atoms with Crippen molar-refractivity contribution in [2.45, 2.75) is 25.3 Å². The van der Waals surface area contributed by atoms with Crippen LogP contribution in [0.2, 0.25) is 5.02 Å². The molecule has 3 nitrogen and oxygen atoms in total. The van der Waals surface area contributed by atoms with E-state index in [2.05, 4.69) is 0 Å². The smallest absolute Gasteiger partial charge is 0.227 e. The van der Waals surface area contributed by atoms with Crippen LogP contribution in [0.4, 0.5) is 0 Å². The molecule has 0 aliphatic carbocycles. The van der Waals surface area contributed by atoms with Gasteiger partial charge in [0.05, 0.1) is 17.5 Å². The van der Waals surface area contributed by atoms with Crippen LogP contribution in [0.5, 0.6) is 0 Å². The van der Waals surface area contributed by atoms with Gasteiger partial charge in [0.2, 0.25) is 5.91 Å². The number of thiocarbonyl (C=S) groups is 1. The van der Waals surface area contributed by atoms with Gasteiger partial charge in [-0.3, -0.25) is 4.79 Å². The molecule has 1 aliphatic rings. The molecule has 0 saturated carbocycles. The Hall–Kier alpha value is -1.13. The zero-order valence-electron chi connectivity index (χ0n) is 9.93.